The molecule has 14 rings (SSSR count). The third-order valence-electron chi connectivity index (χ3n) is 15.0. The zero-order chi connectivity index (χ0) is 46.5. The first-order valence-electron chi connectivity index (χ1n) is 24.5. The topological polar surface area (TPSA) is 18.5 Å². The average Bonchev–Trinajstić information content (AvgIpc) is 3.67. The molecule has 2 nitrogen and oxygen atoms in total. The van der Waals surface area contributed by atoms with Crippen LogP contribution in [0, 0.1) is 13.8 Å². The quantitative estimate of drug-likeness (QED) is 0.160. The van der Waals surface area contributed by atoms with E-state index in [1.54, 1.807) is 0 Å². The largest absolute Gasteiger partial charge is 0.472 e. The van der Waals surface area contributed by atoms with Crippen molar-refractivity contribution in [3.63, 3.8) is 0 Å². The van der Waals surface area contributed by atoms with Gasteiger partial charge >= 0.3 is 0 Å². The molecule has 70 heavy (non-hydrogen) atoms. The summed E-state index contributed by atoms with van der Waals surface area (Å²) in [4.78, 5) is 0. The second-order valence-corrected chi connectivity index (χ2v) is 22.9. The van der Waals surface area contributed by atoms with E-state index in [-0.39, 0.29) is 0 Å². The molecule has 2 aliphatic rings. The fraction of sp³-hybridized carbons (Fsp3) is 0.0909. The van der Waals surface area contributed by atoms with Gasteiger partial charge in [0.1, 0.15) is 11.5 Å². The van der Waals surface area contributed by atoms with Crippen LogP contribution in [0.3, 0.4) is 0 Å². The lowest BCUT2D eigenvalue weighted by Crippen LogP contribution is -2.02. The van der Waals surface area contributed by atoms with Crippen LogP contribution < -0.4 is 9.05 Å². The van der Waals surface area contributed by atoms with E-state index in [1.165, 1.54) is 109 Å². The summed E-state index contributed by atoms with van der Waals surface area (Å²) in [6.45, 7) is 4.50. The second kappa shape index (κ2) is 16.7. The lowest BCUT2D eigenvalue weighted by atomic mass is 9.88. The summed E-state index contributed by atoms with van der Waals surface area (Å²) in [6.07, 6.45) is 3.37. The van der Waals surface area contributed by atoms with Crippen molar-refractivity contribution in [1.82, 2.24) is 0 Å². The summed E-state index contributed by atoms with van der Waals surface area (Å²) in [5.74, 6) is 1.92. The second-order valence-electron chi connectivity index (χ2n) is 19.3. The van der Waals surface area contributed by atoms with Gasteiger partial charge in [-0.15, -0.1) is 0 Å². The number of benzene rings is 12. The molecule has 2 heterocycles. The van der Waals surface area contributed by atoms with E-state index in [0.29, 0.717) is 0 Å². The van der Waals surface area contributed by atoms with Crippen LogP contribution in [-0.2, 0) is 24.6 Å². The Labute approximate surface area is 410 Å². The van der Waals surface area contributed by atoms with Gasteiger partial charge in [0.25, 0.3) is 0 Å². The molecule has 0 saturated heterocycles. The van der Waals surface area contributed by atoms with E-state index in [2.05, 4.69) is 220 Å². The Bertz CT molecular complexity index is 3690. The van der Waals surface area contributed by atoms with Crippen LogP contribution in [0.4, 0.5) is 0 Å². The molecule has 0 spiro atoms. The van der Waals surface area contributed by atoms with Gasteiger partial charge in [0.15, 0.2) is 0 Å². The number of hydrogen-bond donors (Lipinski definition) is 0. The molecule has 0 radical (unpaired) electrons. The highest BCUT2D eigenvalue weighted by molar-refractivity contribution is 7.51. The van der Waals surface area contributed by atoms with Crippen molar-refractivity contribution < 1.29 is 9.05 Å². The zero-order valence-corrected chi connectivity index (χ0v) is 41.0. The molecular formula is C66H48O2P2. The highest BCUT2D eigenvalue weighted by Crippen LogP contribution is 2.60. The Hall–Kier alpha value is -7.34. The molecule has 4 heteroatoms. The number of rotatable bonds is 5. The SMILES string of the molecule is Cc1cc2ccccc2c(-c2c(OP3Cc4ccc5ccccc5c4-c4c(ccc5ccccc45)C3)c(C)cc3ccccc23)c1OP1Cc2ccc3ccccc3c2-c2c(ccc3ccccc23)C1. The lowest BCUT2D eigenvalue weighted by molar-refractivity contribution is 0.599. The summed E-state index contributed by atoms with van der Waals surface area (Å²) in [5, 5.41) is 15.0. The van der Waals surface area contributed by atoms with Crippen LogP contribution in [0.5, 0.6) is 11.5 Å². The van der Waals surface area contributed by atoms with Crippen molar-refractivity contribution in [1.29, 1.82) is 0 Å². The van der Waals surface area contributed by atoms with Gasteiger partial charge in [-0.3, -0.25) is 0 Å². The number of hydrogen-bond acceptors (Lipinski definition) is 2. The minimum atomic E-state index is -1.04. The highest BCUT2D eigenvalue weighted by atomic mass is 31.1. The minimum Gasteiger partial charge on any atom is -0.472 e. The highest BCUT2D eigenvalue weighted by Gasteiger charge is 2.32. The van der Waals surface area contributed by atoms with Crippen LogP contribution in [0.1, 0.15) is 33.4 Å². The summed E-state index contributed by atoms with van der Waals surface area (Å²) in [7, 11) is -2.08. The van der Waals surface area contributed by atoms with E-state index < -0.39 is 16.3 Å². The molecule has 2 aliphatic heterocycles. The first-order valence-corrected chi connectivity index (χ1v) is 27.7. The third-order valence-corrected chi connectivity index (χ3v) is 18.7. The smallest absolute Gasteiger partial charge is 0.134 e. The first-order chi connectivity index (χ1) is 34.5. The molecule has 334 valence electrons. The van der Waals surface area contributed by atoms with Crippen molar-refractivity contribution in [3.05, 3.63) is 240 Å². The van der Waals surface area contributed by atoms with Crippen LogP contribution in [-0.4, -0.2) is 0 Å². The Balaban J connectivity index is 0.960. The van der Waals surface area contributed by atoms with E-state index in [1.807, 2.05) is 0 Å². The lowest BCUT2D eigenvalue weighted by Gasteiger charge is -2.27. The zero-order valence-electron chi connectivity index (χ0n) is 39.2. The molecule has 0 bridgehead atoms. The van der Waals surface area contributed by atoms with E-state index in [0.717, 1.165) is 58.4 Å². The molecule has 0 aliphatic carbocycles. The molecule has 0 fully saturated rings. The molecule has 0 N–H and O–H groups in total. The molecular weight excluding hydrogens is 887 g/mol. The molecule has 12 aromatic carbocycles. The summed E-state index contributed by atoms with van der Waals surface area (Å²) in [5.41, 5.74) is 15.3. The van der Waals surface area contributed by atoms with E-state index in [9.17, 15) is 0 Å². The fourth-order valence-corrected chi connectivity index (χ4v) is 15.9. The first kappa shape index (κ1) is 41.6. The predicted molar refractivity (Wildman–Crippen MR) is 300 cm³/mol. The predicted octanol–water partition coefficient (Wildman–Crippen LogP) is 19.2. The van der Waals surface area contributed by atoms with E-state index >= 15 is 0 Å². The van der Waals surface area contributed by atoms with Crippen LogP contribution >= 0.6 is 16.3 Å². The maximum absolute atomic E-state index is 7.84. The molecule has 0 amide bonds. The molecule has 0 saturated carbocycles. The van der Waals surface area contributed by atoms with Crippen LogP contribution in [0.15, 0.2) is 206 Å². The van der Waals surface area contributed by atoms with Gasteiger partial charge in [-0.2, -0.15) is 0 Å². The number of fused-ring (bicyclic) bond motifs is 16. The van der Waals surface area contributed by atoms with Crippen molar-refractivity contribution in [2.75, 3.05) is 0 Å². The summed E-state index contributed by atoms with van der Waals surface area (Å²) in [6, 6.07) is 76.8. The average molecular weight is 935 g/mol. The Morgan fingerprint density at radius 2 is 0.514 bits per heavy atom. The third kappa shape index (κ3) is 6.76. The van der Waals surface area contributed by atoms with Crippen molar-refractivity contribution in [2.45, 2.75) is 38.5 Å². The molecule has 12 aromatic rings. The standard InChI is InChI=1S/C66H48O2P2/c1-41-35-47-19-7-13-25-57(47)63(65(41)67-69-37-49-31-27-43-15-3-9-21-53(43)59(49)60-50(38-69)32-28-44-16-4-10-22-54(44)60)64-58-26-14-8-20-48(58)36-42(2)66(64)68-70-39-51-33-29-45-17-5-11-23-55(45)61(51)62-52(40-70)34-30-46-18-6-12-24-56(46)62/h3-36H,37-40H2,1-2H3. The van der Waals surface area contributed by atoms with Gasteiger partial charge in [0.2, 0.25) is 0 Å². The minimum absolute atomic E-state index is 0.843. The normalized spacial score (nSPS) is 13.8. The maximum Gasteiger partial charge on any atom is 0.134 e. The monoisotopic (exact) mass is 934 g/mol. The van der Waals surface area contributed by atoms with Crippen molar-refractivity contribution in [3.8, 4) is 44.9 Å². The fourth-order valence-electron chi connectivity index (χ4n) is 11.9. The van der Waals surface area contributed by atoms with Gasteiger partial charge in [-0.1, -0.05) is 194 Å². The Kier molecular flexibility index (Phi) is 9.91. The van der Waals surface area contributed by atoms with Gasteiger partial charge < -0.3 is 9.05 Å². The Morgan fingerprint density at radius 1 is 0.271 bits per heavy atom. The van der Waals surface area contributed by atoms with Crippen LogP contribution in [0.2, 0.25) is 0 Å². The van der Waals surface area contributed by atoms with Gasteiger partial charge in [0, 0.05) is 35.8 Å². The molecule has 0 atom stereocenters. The van der Waals surface area contributed by atoms with Gasteiger partial charge in [-0.25, -0.2) is 0 Å². The summed E-state index contributed by atoms with van der Waals surface area (Å²) >= 11 is 0. The molecule has 0 unspecified atom stereocenters. The van der Waals surface area contributed by atoms with E-state index in [4.69, 9.17) is 9.05 Å². The van der Waals surface area contributed by atoms with Crippen LogP contribution in [0.25, 0.3) is 98.0 Å². The van der Waals surface area contributed by atoms with Crippen molar-refractivity contribution >= 4 is 80.9 Å². The van der Waals surface area contributed by atoms with Gasteiger partial charge in [0.05, 0.1) is 16.3 Å². The molecule has 0 aromatic heterocycles. The maximum atomic E-state index is 7.84. The van der Waals surface area contributed by atoms with Gasteiger partial charge in [-0.05, 0) is 146 Å². The van der Waals surface area contributed by atoms with Crippen molar-refractivity contribution in [2.24, 2.45) is 0 Å². The summed E-state index contributed by atoms with van der Waals surface area (Å²) < 4.78 is 15.7. The Morgan fingerprint density at radius 3 is 0.800 bits per heavy atom. The number of aryl methyl sites for hydroxylation is 2.